The SMILES string of the molecule is C=CCc1ccc(-c2ccccc2N(c2ccccc2)c2ccccc2-c2cccc3c2Oc2cc4c(cc2O3)-c2ccccc2C42c3ccccc3C3C=CC=CC32)cc1. The summed E-state index contributed by atoms with van der Waals surface area (Å²) in [5, 5.41) is 0. The fourth-order valence-corrected chi connectivity index (χ4v) is 10.7. The second kappa shape index (κ2) is 14.0. The number of nitrogens with zero attached hydrogens (tertiary/aromatic N) is 1. The maximum atomic E-state index is 7.20. The van der Waals surface area contributed by atoms with E-state index in [1.807, 2.05) is 12.1 Å². The first-order valence-corrected chi connectivity index (χ1v) is 21.2. The molecule has 61 heavy (non-hydrogen) atoms. The fourth-order valence-electron chi connectivity index (χ4n) is 10.7. The van der Waals surface area contributed by atoms with E-state index in [0.29, 0.717) is 11.5 Å². The van der Waals surface area contributed by atoms with Crippen LogP contribution in [-0.4, -0.2) is 0 Å². The molecule has 12 rings (SSSR count). The molecule has 8 aromatic rings. The van der Waals surface area contributed by atoms with Gasteiger partial charge in [0, 0.05) is 34.2 Å². The van der Waals surface area contributed by atoms with Gasteiger partial charge in [-0.05, 0) is 93.4 Å². The van der Waals surface area contributed by atoms with Crippen LogP contribution in [0.2, 0.25) is 0 Å². The second-order valence-corrected chi connectivity index (χ2v) is 16.3. The lowest BCUT2D eigenvalue weighted by Gasteiger charge is -2.36. The molecule has 290 valence electrons. The molecular weight excluding hydrogens is 743 g/mol. The number of hydrogen-bond donors (Lipinski definition) is 0. The van der Waals surface area contributed by atoms with Crippen LogP contribution >= 0.6 is 0 Å². The summed E-state index contributed by atoms with van der Waals surface area (Å²) < 4.78 is 14.1. The van der Waals surface area contributed by atoms with Crippen molar-refractivity contribution in [3.8, 4) is 56.4 Å². The number of hydrogen-bond acceptors (Lipinski definition) is 3. The van der Waals surface area contributed by atoms with Crippen LogP contribution in [0.3, 0.4) is 0 Å². The Kier molecular flexibility index (Phi) is 8.11. The van der Waals surface area contributed by atoms with Gasteiger partial charge in [-0.1, -0.05) is 170 Å². The van der Waals surface area contributed by atoms with Gasteiger partial charge in [0.15, 0.2) is 23.0 Å². The monoisotopic (exact) mass is 783 g/mol. The molecule has 3 atom stereocenters. The van der Waals surface area contributed by atoms with Crippen molar-refractivity contribution in [3.05, 3.63) is 247 Å². The first kappa shape index (κ1) is 35.3. The van der Waals surface area contributed by atoms with Crippen molar-refractivity contribution in [3.63, 3.8) is 0 Å². The van der Waals surface area contributed by atoms with Crippen molar-refractivity contribution in [2.45, 2.75) is 17.8 Å². The molecule has 0 N–H and O–H groups in total. The van der Waals surface area contributed by atoms with Crippen LogP contribution in [-0.2, 0) is 11.8 Å². The number of para-hydroxylation sites is 4. The number of benzene rings is 8. The lowest BCUT2D eigenvalue weighted by Crippen LogP contribution is -2.33. The summed E-state index contributed by atoms with van der Waals surface area (Å²) in [5.41, 5.74) is 16.1. The summed E-state index contributed by atoms with van der Waals surface area (Å²) in [6.45, 7) is 3.94. The van der Waals surface area contributed by atoms with Gasteiger partial charge in [-0.15, -0.1) is 6.58 Å². The average Bonchev–Trinajstić information content (AvgIpc) is 3.78. The molecule has 0 saturated carbocycles. The van der Waals surface area contributed by atoms with Crippen molar-refractivity contribution < 1.29 is 9.47 Å². The molecule has 0 amide bonds. The summed E-state index contributed by atoms with van der Waals surface area (Å²) in [5.74, 6) is 3.36. The van der Waals surface area contributed by atoms with Gasteiger partial charge in [0.25, 0.3) is 0 Å². The van der Waals surface area contributed by atoms with Crippen LogP contribution in [0.1, 0.15) is 33.7 Å². The standard InChI is InChI=1S/C58H41NO2/c1-2-17-38-32-34-39(35-33-38)41-20-9-14-29-52(41)59(40-18-4-3-5-19-40)53-30-15-10-24-45(53)46-25-16-31-54-57(46)61-56-37-51-47(36-55(56)60-54)44-23-8-13-28-50(44)58(51)48-26-11-6-21-42(48)43-22-7-12-27-49(43)58/h2-16,18-37,42,48H,1,17H2. The normalized spacial score (nSPS) is 18.2. The third-order valence-corrected chi connectivity index (χ3v) is 13.2. The zero-order valence-corrected chi connectivity index (χ0v) is 33.5. The minimum atomic E-state index is -0.366. The Balaban J connectivity index is 1.01. The van der Waals surface area contributed by atoms with E-state index in [4.69, 9.17) is 9.47 Å². The smallest absolute Gasteiger partial charge is 0.178 e. The highest BCUT2D eigenvalue weighted by atomic mass is 16.6. The Hall–Kier alpha value is -7.62. The van der Waals surface area contributed by atoms with Crippen LogP contribution in [0.15, 0.2) is 219 Å². The van der Waals surface area contributed by atoms with E-state index in [2.05, 4.69) is 212 Å². The van der Waals surface area contributed by atoms with Crippen molar-refractivity contribution in [1.82, 2.24) is 0 Å². The molecule has 0 bridgehead atoms. The van der Waals surface area contributed by atoms with Crippen LogP contribution in [0.5, 0.6) is 23.0 Å². The zero-order valence-electron chi connectivity index (χ0n) is 33.5. The van der Waals surface area contributed by atoms with Crippen LogP contribution in [0, 0.1) is 5.92 Å². The van der Waals surface area contributed by atoms with Gasteiger partial charge in [-0.3, -0.25) is 0 Å². The summed E-state index contributed by atoms with van der Waals surface area (Å²) in [4.78, 5) is 2.37. The van der Waals surface area contributed by atoms with Crippen molar-refractivity contribution in [2.75, 3.05) is 4.90 Å². The molecule has 0 saturated heterocycles. The highest BCUT2D eigenvalue weighted by Gasteiger charge is 2.57. The second-order valence-electron chi connectivity index (χ2n) is 16.3. The first-order chi connectivity index (χ1) is 30.2. The summed E-state index contributed by atoms with van der Waals surface area (Å²) in [7, 11) is 0. The lowest BCUT2D eigenvalue weighted by atomic mass is 9.65. The number of ether oxygens (including phenoxy) is 2. The number of anilines is 3. The predicted molar refractivity (Wildman–Crippen MR) is 249 cm³/mol. The molecule has 3 aliphatic carbocycles. The minimum Gasteiger partial charge on any atom is -0.449 e. The van der Waals surface area contributed by atoms with Gasteiger partial charge in [-0.2, -0.15) is 0 Å². The number of rotatable bonds is 7. The Bertz CT molecular complexity index is 3100. The maximum Gasteiger partial charge on any atom is 0.178 e. The van der Waals surface area contributed by atoms with E-state index in [-0.39, 0.29) is 17.3 Å². The molecule has 3 unspecified atom stereocenters. The van der Waals surface area contributed by atoms with Crippen LogP contribution < -0.4 is 14.4 Å². The van der Waals surface area contributed by atoms with Gasteiger partial charge in [0.1, 0.15) is 0 Å². The highest BCUT2D eigenvalue weighted by molar-refractivity contribution is 5.95. The molecule has 0 fully saturated rings. The highest BCUT2D eigenvalue weighted by Crippen LogP contribution is 2.67. The zero-order chi connectivity index (χ0) is 40.5. The Morgan fingerprint density at radius 1 is 0.508 bits per heavy atom. The van der Waals surface area contributed by atoms with Gasteiger partial charge in [-0.25, -0.2) is 0 Å². The van der Waals surface area contributed by atoms with E-state index in [0.717, 1.165) is 57.2 Å². The number of allylic oxidation sites excluding steroid dienone is 5. The van der Waals surface area contributed by atoms with Gasteiger partial charge in [0.2, 0.25) is 0 Å². The molecule has 0 radical (unpaired) electrons. The molecule has 8 aromatic carbocycles. The Morgan fingerprint density at radius 3 is 1.98 bits per heavy atom. The van der Waals surface area contributed by atoms with Crippen LogP contribution in [0.25, 0.3) is 33.4 Å². The third kappa shape index (κ3) is 5.30. The molecule has 1 aliphatic heterocycles. The third-order valence-electron chi connectivity index (χ3n) is 13.2. The van der Waals surface area contributed by atoms with Gasteiger partial charge >= 0.3 is 0 Å². The van der Waals surface area contributed by atoms with E-state index >= 15 is 0 Å². The quantitative estimate of drug-likeness (QED) is 0.150. The molecule has 0 aromatic heterocycles. The van der Waals surface area contributed by atoms with Gasteiger partial charge in [0.05, 0.1) is 16.8 Å². The summed E-state index contributed by atoms with van der Waals surface area (Å²) in [6.07, 6.45) is 12.0. The maximum absolute atomic E-state index is 7.20. The average molecular weight is 784 g/mol. The molecular formula is C58H41NO2. The molecule has 4 aliphatic rings. The predicted octanol–water partition coefficient (Wildman–Crippen LogP) is 15.3. The van der Waals surface area contributed by atoms with E-state index in [9.17, 15) is 0 Å². The molecule has 1 spiro atoms. The van der Waals surface area contributed by atoms with E-state index in [1.165, 1.54) is 38.9 Å². The minimum absolute atomic E-state index is 0.228. The first-order valence-electron chi connectivity index (χ1n) is 21.2. The lowest BCUT2D eigenvalue weighted by molar-refractivity contribution is 0.359. The van der Waals surface area contributed by atoms with E-state index < -0.39 is 0 Å². The van der Waals surface area contributed by atoms with Gasteiger partial charge < -0.3 is 14.4 Å². The van der Waals surface area contributed by atoms with Crippen molar-refractivity contribution >= 4 is 17.1 Å². The van der Waals surface area contributed by atoms with E-state index in [1.54, 1.807) is 0 Å². The molecule has 1 heterocycles. The summed E-state index contributed by atoms with van der Waals surface area (Å²) in [6, 6.07) is 65.5. The summed E-state index contributed by atoms with van der Waals surface area (Å²) >= 11 is 0. The Morgan fingerprint density at radius 2 is 1.16 bits per heavy atom. The van der Waals surface area contributed by atoms with Crippen molar-refractivity contribution in [1.29, 1.82) is 0 Å². The molecule has 3 nitrogen and oxygen atoms in total. The van der Waals surface area contributed by atoms with Crippen molar-refractivity contribution in [2.24, 2.45) is 5.92 Å². The number of fused-ring (bicyclic) bond motifs is 12. The largest absolute Gasteiger partial charge is 0.449 e. The fraction of sp³-hybridized carbons (Fsp3) is 0.0690. The topological polar surface area (TPSA) is 21.7 Å². The Labute approximate surface area is 356 Å². The van der Waals surface area contributed by atoms with Crippen LogP contribution in [0.4, 0.5) is 17.1 Å². The molecule has 3 heteroatoms.